The summed E-state index contributed by atoms with van der Waals surface area (Å²) in [6.07, 6.45) is 0. The minimum absolute atomic E-state index is 0.235. The third-order valence-corrected chi connectivity index (χ3v) is 6.35. The number of carbonyl (C=O) groups is 1. The normalized spacial score (nSPS) is 11.0. The van der Waals surface area contributed by atoms with Crippen molar-refractivity contribution in [2.24, 2.45) is 0 Å². The van der Waals surface area contributed by atoms with Gasteiger partial charge >= 0.3 is 0 Å². The highest BCUT2D eigenvalue weighted by molar-refractivity contribution is 9.10. The molecular weight excluding hydrogens is 526 g/mol. The second-order valence-electron chi connectivity index (χ2n) is 8.54. The van der Waals surface area contributed by atoms with Gasteiger partial charge in [0.15, 0.2) is 10.7 Å². The van der Waals surface area contributed by atoms with Crippen LogP contribution in [0, 0.1) is 6.92 Å². The molecule has 0 radical (unpaired) electrons. The maximum absolute atomic E-state index is 12.7. The van der Waals surface area contributed by atoms with E-state index < -0.39 is 0 Å². The number of aromatic nitrogens is 1. The molecule has 0 fully saturated rings. The zero-order valence-corrected chi connectivity index (χ0v) is 22.3. The molecule has 1 heterocycles. The van der Waals surface area contributed by atoms with Crippen LogP contribution in [0.5, 0.6) is 5.75 Å². The Kier molecular flexibility index (Phi) is 7.52. The first-order chi connectivity index (χ1) is 16.7. The van der Waals surface area contributed by atoms with Crippen molar-refractivity contribution in [1.29, 1.82) is 0 Å². The number of aryl methyl sites for hydroxylation is 1. The summed E-state index contributed by atoms with van der Waals surface area (Å²) in [5.74, 6) is 1.20. The Morgan fingerprint density at radius 3 is 2.57 bits per heavy atom. The first kappa shape index (κ1) is 24.9. The second kappa shape index (κ2) is 10.6. The molecule has 0 aliphatic heterocycles. The molecular formula is C27H26BrN3O3S. The molecule has 4 aromatic rings. The number of nitrogens with zero attached hydrogens (tertiary/aromatic N) is 1. The average molecular weight is 552 g/mol. The minimum atomic E-state index is -0.337. The van der Waals surface area contributed by atoms with Crippen molar-refractivity contribution in [3.05, 3.63) is 81.3 Å². The van der Waals surface area contributed by atoms with Crippen molar-refractivity contribution in [1.82, 2.24) is 15.6 Å². The van der Waals surface area contributed by atoms with Crippen molar-refractivity contribution in [2.45, 2.75) is 33.2 Å². The third-order valence-electron chi connectivity index (χ3n) is 5.65. The number of nitrogens with one attached hydrogen (secondary N) is 2. The van der Waals surface area contributed by atoms with Gasteiger partial charge in [0, 0.05) is 16.6 Å². The molecule has 0 aliphatic carbocycles. The van der Waals surface area contributed by atoms with Crippen LogP contribution in [0.3, 0.4) is 0 Å². The monoisotopic (exact) mass is 551 g/mol. The van der Waals surface area contributed by atoms with E-state index in [0.717, 1.165) is 32.3 Å². The number of hydrogen-bond donors (Lipinski definition) is 2. The number of carbonyl (C=O) groups excluding carboxylic acids is 1. The molecule has 1 aromatic heterocycles. The summed E-state index contributed by atoms with van der Waals surface area (Å²) in [5.41, 5.74) is 6.01. The summed E-state index contributed by atoms with van der Waals surface area (Å²) in [5, 5.41) is 6.02. The second-order valence-corrected chi connectivity index (χ2v) is 9.86. The number of fused-ring (bicyclic) bond motifs is 1. The zero-order chi connectivity index (χ0) is 25.1. The van der Waals surface area contributed by atoms with E-state index in [1.807, 2.05) is 43.3 Å². The number of ether oxygens (including phenoxy) is 1. The van der Waals surface area contributed by atoms with E-state index in [-0.39, 0.29) is 11.0 Å². The number of benzene rings is 3. The smallest absolute Gasteiger partial charge is 0.261 e. The van der Waals surface area contributed by atoms with E-state index in [0.29, 0.717) is 29.7 Å². The molecule has 0 saturated heterocycles. The van der Waals surface area contributed by atoms with Crippen molar-refractivity contribution in [2.75, 3.05) is 7.11 Å². The van der Waals surface area contributed by atoms with E-state index in [4.69, 9.17) is 21.4 Å². The molecule has 180 valence electrons. The fourth-order valence-electron chi connectivity index (χ4n) is 3.76. The van der Waals surface area contributed by atoms with Crippen LogP contribution in [0.4, 0.5) is 0 Å². The lowest BCUT2D eigenvalue weighted by Crippen LogP contribution is -2.39. The molecule has 3 aromatic carbocycles. The fraction of sp³-hybridized carbons (Fsp3) is 0.222. The third kappa shape index (κ3) is 5.71. The van der Waals surface area contributed by atoms with Gasteiger partial charge in [-0.25, -0.2) is 4.98 Å². The fourth-order valence-corrected chi connectivity index (χ4v) is 4.50. The van der Waals surface area contributed by atoms with Gasteiger partial charge in [-0.05, 0) is 78.1 Å². The summed E-state index contributed by atoms with van der Waals surface area (Å²) >= 11 is 8.74. The lowest BCUT2D eigenvalue weighted by Gasteiger charge is -2.14. The lowest BCUT2D eigenvalue weighted by molar-refractivity contribution is 0.0973. The number of rotatable bonds is 6. The summed E-state index contributed by atoms with van der Waals surface area (Å²) < 4.78 is 12.1. The lowest BCUT2D eigenvalue weighted by atomic mass is 10.0. The van der Waals surface area contributed by atoms with Crippen LogP contribution in [-0.4, -0.2) is 23.1 Å². The summed E-state index contributed by atoms with van der Waals surface area (Å²) in [6, 6.07) is 17.6. The van der Waals surface area contributed by atoms with Crippen LogP contribution in [0.2, 0.25) is 0 Å². The van der Waals surface area contributed by atoms with E-state index in [9.17, 15) is 4.79 Å². The molecule has 6 nitrogen and oxygen atoms in total. The van der Waals surface area contributed by atoms with E-state index in [2.05, 4.69) is 57.5 Å². The first-order valence-electron chi connectivity index (χ1n) is 11.2. The quantitative estimate of drug-likeness (QED) is 0.266. The number of methoxy groups -OCH3 is 1. The average Bonchev–Trinajstić information content (AvgIpc) is 3.26. The Hall–Kier alpha value is -3.23. The Balaban J connectivity index is 1.38. The molecule has 8 heteroatoms. The SMILES string of the molecule is COc1c(C)cc(Br)cc1C(=O)NC(=S)NCc1ccc(-c2nc3cc(C(C)C)ccc3o2)cc1. The minimum Gasteiger partial charge on any atom is -0.496 e. The molecule has 0 aliphatic rings. The van der Waals surface area contributed by atoms with Crippen LogP contribution in [-0.2, 0) is 6.54 Å². The number of hydrogen-bond acceptors (Lipinski definition) is 5. The standard InChI is InChI=1S/C27H26BrN3O3S/c1-15(2)19-9-10-23-22(12-19)30-26(34-23)18-7-5-17(6-8-18)14-29-27(35)31-25(32)21-13-20(28)11-16(3)24(21)33-4/h5-13,15H,14H2,1-4H3,(H2,29,31,32,35). The molecule has 0 unspecified atom stereocenters. The molecule has 0 spiro atoms. The van der Waals surface area contributed by atoms with Crippen LogP contribution in [0.25, 0.3) is 22.6 Å². The molecule has 2 N–H and O–H groups in total. The molecule has 0 bridgehead atoms. The Bertz CT molecular complexity index is 1400. The molecule has 0 atom stereocenters. The van der Waals surface area contributed by atoms with Crippen LogP contribution in [0.1, 0.15) is 46.8 Å². The topological polar surface area (TPSA) is 76.4 Å². The molecule has 4 rings (SSSR count). The van der Waals surface area contributed by atoms with Gasteiger partial charge in [-0.15, -0.1) is 0 Å². The summed E-state index contributed by atoms with van der Waals surface area (Å²) in [7, 11) is 1.54. The van der Waals surface area contributed by atoms with Gasteiger partial charge in [-0.1, -0.05) is 48.0 Å². The van der Waals surface area contributed by atoms with Gasteiger partial charge in [-0.3, -0.25) is 10.1 Å². The van der Waals surface area contributed by atoms with E-state index in [1.54, 1.807) is 6.07 Å². The van der Waals surface area contributed by atoms with Crippen LogP contribution < -0.4 is 15.4 Å². The number of amides is 1. The van der Waals surface area contributed by atoms with E-state index in [1.165, 1.54) is 12.7 Å². The number of oxazole rings is 1. The largest absolute Gasteiger partial charge is 0.496 e. The zero-order valence-electron chi connectivity index (χ0n) is 19.9. The molecule has 35 heavy (non-hydrogen) atoms. The highest BCUT2D eigenvalue weighted by atomic mass is 79.9. The highest BCUT2D eigenvalue weighted by Gasteiger charge is 2.17. The van der Waals surface area contributed by atoms with E-state index >= 15 is 0 Å². The molecule has 1 amide bonds. The van der Waals surface area contributed by atoms with Gasteiger partial charge < -0.3 is 14.5 Å². The predicted molar refractivity (Wildman–Crippen MR) is 146 cm³/mol. The van der Waals surface area contributed by atoms with Crippen LogP contribution >= 0.6 is 28.1 Å². The van der Waals surface area contributed by atoms with Gasteiger partial charge in [0.2, 0.25) is 5.89 Å². The van der Waals surface area contributed by atoms with Gasteiger partial charge in [0.05, 0.1) is 12.7 Å². The van der Waals surface area contributed by atoms with Gasteiger partial charge in [0.1, 0.15) is 11.3 Å². The maximum Gasteiger partial charge on any atom is 0.261 e. The highest BCUT2D eigenvalue weighted by Crippen LogP contribution is 2.28. The maximum atomic E-state index is 12.7. The first-order valence-corrected chi connectivity index (χ1v) is 12.4. The van der Waals surface area contributed by atoms with Crippen LogP contribution in [0.15, 0.2) is 63.5 Å². The number of halogens is 1. The van der Waals surface area contributed by atoms with Gasteiger partial charge in [0.25, 0.3) is 5.91 Å². The van der Waals surface area contributed by atoms with Crippen molar-refractivity contribution >= 4 is 50.3 Å². The predicted octanol–water partition coefficient (Wildman–Crippen LogP) is 6.50. The Morgan fingerprint density at radius 1 is 1.14 bits per heavy atom. The van der Waals surface area contributed by atoms with Crippen molar-refractivity contribution < 1.29 is 13.9 Å². The number of thiocarbonyl (C=S) groups is 1. The van der Waals surface area contributed by atoms with Gasteiger partial charge in [-0.2, -0.15) is 0 Å². The summed E-state index contributed by atoms with van der Waals surface area (Å²) in [4.78, 5) is 17.4. The molecule has 0 saturated carbocycles. The Labute approximate surface area is 218 Å². The van der Waals surface area contributed by atoms with Crippen molar-refractivity contribution in [3.8, 4) is 17.2 Å². The Morgan fingerprint density at radius 2 is 1.89 bits per heavy atom. The van der Waals surface area contributed by atoms with Crippen molar-refractivity contribution in [3.63, 3.8) is 0 Å². The summed E-state index contributed by atoms with van der Waals surface area (Å²) in [6.45, 7) is 6.65.